The van der Waals surface area contributed by atoms with Crippen molar-refractivity contribution >= 4 is 0 Å². The summed E-state index contributed by atoms with van der Waals surface area (Å²) >= 11 is 0. The lowest BCUT2D eigenvalue weighted by Crippen LogP contribution is -2.19. The molecule has 0 aliphatic rings. The average molecular weight is 256 g/mol. The van der Waals surface area contributed by atoms with Crippen LogP contribution in [0.4, 0.5) is 0 Å². The first-order chi connectivity index (χ1) is 9.29. The summed E-state index contributed by atoms with van der Waals surface area (Å²) in [5.74, 6) is 0.916. The van der Waals surface area contributed by atoms with Gasteiger partial charge in [0.25, 0.3) is 0 Å². The predicted molar refractivity (Wildman–Crippen MR) is 77.3 cm³/mol. The van der Waals surface area contributed by atoms with Crippen LogP contribution in [0.1, 0.15) is 23.7 Å². The molecule has 3 nitrogen and oxygen atoms in total. The molecule has 0 saturated heterocycles. The van der Waals surface area contributed by atoms with Crippen molar-refractivity contribution < 1.29 is 4.74 Å². The van der Waals surface area contributed by atoms with Crippen LogP contribution in [0.25, 0.3) is 0 Å². The number of nitrogens with one attached hydrogen (secondary N) is 1. The number of para-hydroxylation sites is 1. The van der Waals surface area contributed by atoms with Crippen LogP contribution in [0.3, 0.4) is 0 Å². The molecule has 0 aliphatic carbocycles. The molecule has 0 fully saturated rings. The minimum Gasteiger partial charge on any atom is -0.494 e. The Balaban J connectivity index is 1.87. The highest BCUT2D eigenvalue weighted by molar-refractivity contribution is 5.21. The fraction of sp³-hybridized carbons (Fsp3) is 0.312. The minimum atomic E-state index is 0.275. The van der Waals surface area contributed by atoms with Crippen LogP contribution in [-0.2, 0) is 0 Å². The second-order valence-corrected chi connectivity index (χ2v) is 4.52. The summed E-state index contributed by atoms with van der Waals surface area (Å²) in [6.07, 6.45) is 2.84. The zero-order valence-electron chi connectivity index (χ0n) is 11.5. The second kappa shape index (κ2) is 6.90. The monoisotopic (exact) mass is 256 g/mol. The third-order valence-corrected chi connectivity index (χ3v) is 3.10. The first kappa shape index (κ1) is 13.6. The van der Waals surface area contributed by atoms with Gasteiger partial charge in [0.1, 0.15) is 5.75 Å². The molecule has 100 valence electrons. The number of hydrogen-bond acceptors (Lipinski definition) is 3. The second-order valence-electron chi connectivity index (χ2n) is 4.52. The van der Waals surface area contributed by atoms with Gasteiger partial charge in [-0.1, -0.05) is 24.3 Å². The summed E-state index contributed by atoms with van der Waals surface area (Å²) in [4.78, 5) is 4.33. The highest BCUT2D eigenvalue weighted by atomic mass is 16.5. The van der Waals surface area contributed by atoms with Gasteiger partial charge in [-0.2, -0.15) is 0 Å². The molecule has 1 unspecified atom stereocenters. The van der Waals surface area contributed by atoms with E-state index in [-0.39, 0.29) is 6.04 Å². The Morgan fingerprint density at radius 1 is 1.16 bits per heavy atom. The van der Waals surface area contributed by atoms with Crippen molar-refractivity contribution in [3.8, 4) is 5.75 Å². The number of nitrogens with zero attached hydrogens (tertiary/aromatic N) is 1. The van der Waals surface area contributed by atoms with Gasteiger partial charge >= 0.3 is 0 Å². The third kappa shape index (κ3) is 4.07. The average Bonchev–Trinajstić information content (AvgIpc) is 2.46. The number of aromatic nitrogens is 1. The van der Waals surface area contributed by atoms with Crippen molar-refractivity contribution in [1.82, 2.24) is 10.3 Å². The Morgan fingerprint density at radius 3 is 2.58 bits per heavy atom. The summed E-state index contributed by atoms with van der Waals surface area (Å²) in [5.41, 5.74) is 2.24. The van der Waals surface area contributed by atoms with E-state index < -0.39 is 0 Å². The maximum atomic E-state index is 5.72. The van der Waals surface area contributed by atoms with E-state index in [1.54, 1.807) is 0 Å². The number of pyridine rings is 1. The van der Waals surface area contributed by atoms with Crippen LogP contribution in [0.15, 0.2) is 48.7 Å². The normalized spacial score (nSPS) is 12.1. The molecule has 0 spiro atoms. The van der Waals surface area contributed by atoms with Gasteiger partial charge in [0.2, 0.25) is 0 Å². The van der Waals surface area contributed by atoms with Gasteiger partial charge in [-0.25, -0.2) is 0 Å². The summed E-state index contributed by atoms with van der Waals surface area (Å²) in [6.45, 7) is 2.68. The number of rotatable bonds is 6. The van der Waals surface area contributed by atoms with Crippen LogP contribution >= 0.6 is 0 Å². The molecule has 2 rings (SSSR count). The van der Waals surface area contributed by atoms with Crippen molar-refractivity contribution in [2.24, 2.45) is 0 Å². The minimum absolute atomic E-state index is 0.275. The summed E-state index contributed by atoms with van der Waals surface area (Å²) in [6, 6.07) is 14.3. The topological polar surface area (TPSA) is 34.1 Å². The zero-order chi connectivity index (χ0) is 13.5. The van der Waals surface area contributed by atoms with Crippen LogP contribution in [0, 0.1) is 6.92 Å². The first-order valence-electron chi connectivity index (χ1n) is 6.57. The molecule has 0 amide bonds. The van der Waals surface area contributed by atoms with E-state index in [9.17, 15) is 0 Å². The molecule has 0 aliphatic heterocycles. The van der Waals surface area contributed by atoms with E-state index in [2.05, 4.69) is 16.4 Å². The van der Waals surface area contributed by atoms with E-state index in [4.69, 9.17) is 4.74 Å². The van der Waals surface area contributed by atoms with Crippen LogP contribution < -0.4 is 10.1 Å². The van der Waals surface area contributed by atoms with Gasteiger partial charge < -0.3 is 10.1 Å². The molecule has 1 aromatic heterocycles. The van der Waals surface area contributed by atoms with Crippen LogP contribution in [0.2, 0.25) is 0 Å². The Bertz CT molecular complexity index is 482. The molecule has 19 heavy (non-hydrogen) atoms. The lowest BCUT2D eigenvalue weighted by Gasteiger charge is -2.16. The molecular formula is C16H20N2O. The van der Waals surface area contributed by atoms with Crippen LogP contribution in [-0.4, -0.2) is 18.6 Å². The van der Waals surface area contributed by atoms with Gasteiger partial charge in [0.05, 0.1) is 6.61 Å². The maximum absolute atomic E-state index is 5.72. The van der Waals surface area contributed by atoms with E-state index >= 15 is 0 Å². The summed E-state index contributed by atoms with van der Waals surface area (Å²) < 4.78 is 5.72. The van der Waals surface area contributed by atoms with E-state index in [1.807, 2.05) is 56.6 Å². The molecule has 1 N–H and O–H groups in total. The SMILES string of the molecule is CNC(CCOc1ccccc1)c1ccc(C)nc1. The molecule has 2 aromatic rings. The van der Waals surface area contributed by atoms with Crippen molar-refractivity contribution in [2.75, 3.05) is 13.7 Å². The third-order valence-electron chi connectivity index (χ3n) is 3.10. The predicted octanol–water partition coefficient (Wildman–Crippen LogP) is 3.12. The zero-order valence-corrected chi connectivity index (χ0v) is 11.5. The standard InChI is InChI=1S/C16H20N2O/c1-13-8-9-14(12-18-13)16(17-2)10-11-19-15-6-4-3-5-7-15/h3-9,12,16-17H,10-11H2,1-2H3. The maximum Gasteiger partial charge on any atom is 0.119 e. The Morgan fingerprint density at radius 2 is 1.95 bits per heavy atom. The molecule has 1 atom stereocenters. The fourth-order valence-electron chi connectivity index (χ4n) is 1.97. The summed E-state index contributed by atoms with van der Waals surface area (Å²) in [7, 11) is 1.97. The number of aryl methyl sites for hydroxylation is 1. The molecule has 0 radical (unpaired) electrons. The Kier molecular flexibility index (Phi) is 4.93. The summed E-state index contributed by atoms with van der Waals surface area (Å²) in [5, 5.41) is 3.30. The largest absolute Gasteiger partial charge is 0.494 e. The lowest BCUT2D eigenvalue weighted by atomic mass is 10.1. The van der Waals surface area contributed by atoms with Crippen molar-refractivity contribution in [3.05, 3.63) is 59.9 Å². The van der Waals surface area contributed by atoms with Crippen molar-refractivity contribution in [1.29, 1.82) is 0 Å². The van der Waals surface area contributed by atoms with E-state index in [1.165, 1.54) is 5.56 Å². The molecule has 0 saturated carbocycles. The van der Waals surface area contributed by atoms with Crippen molar-refractivity contribution in [3.63, 3.8) is 0 Å². The molecule has 0 bridgehead atoms. The van der Waals surface area contributed by atoms with Gasteiger partial charge in [0.15, 0.2) is 0 Å². The van der Waals surface area contributed by atoms with Crippen LogP contribution in [0.5, 0.6) is 5.75 Å². The van der Waals surface area contributed by atoms with Gasteiger partial charge in [-0.15, -0.1) is 0 Å². The number of benzene rings is 1. The number of ether oxygens (including phenoxy) is 1. The highest BCUT2D eigenvalue weighted by Gasteiger charge is 2.09. The van der Waals surface area contributed by atoms with Gasteiger partial charge in [-0.05, 0) is 37.7 Å². The van der Waals surface area contributed by atoms with Gasteiger partial charge in [-0.3, -0.25) is 4.98 Å². The van der Waals surface area contributed by atoms with Gasteiger partial charge in [0, 0.05) is 24.4 Å². The van der Waals surface area contributed by atoms with Crippen molar-refractivity contribution in [2.45, 2.75) is 19.4 Å². The lowest BCUT2D eigenvalue weighted by molar-refractivity contribution is 0.290. The Labute approximate surface area is 114 Å². The molecule has 1 aromatic carbocycles. The number of hydrogen-bond donors (Lipinski definition) is 1. The molecule has 3 heteroatoms. The molecular weight excluding hydrogens is 236 g/mol. The smallest absolute Gasteiger partial charge is 0.119 e. The van der Waals surface area contributed by atoms with E-state index in [0.717, 1.165) is 17.9 Å². The Hall–Kier alpha value is -1.87. The first-order valence-corrected chi connectivity index (χ1v) is 6.57. The molecule has 1 heterocycles. The quantitative estimate of drug-likeness (QED) is 0.862. The van der Waals surface area contributed by atoms with E-state index in [0.29, 0.717) is 6.61 Å². The highest BCUT2D eigenvalue weighted by Crippen LogP contribution is 2.17. The fourth-order valence-corrected chi connectivity index (χ4v) is 1.97.